The monoisotopic (exact) mass is 462 g/mol. The second-order valence-corrected chi connectivity index (χ2v) is 8.01. The first-order chi connectivity index (χ1) is 16.4. The molecule has 3 aromatic rings. The molecule has 2 heterocycles. The summed E-state index contributed by atoms with van der Waals surface area (Å²) in [6.45, 7) is 6.00. The fourth-order valence-electron chi connectivity index (χ4n) is 3.79. The average Bonchev–Trinajstić information content (AvgIpc) is 3.29. The highest BCUT2D eigenvalue weighted by atomic mass is 16.5. The number of ether oxygens (including phenoxy) is 2. The number of hydrogen-bond donors (Lipinski definition) is 1. The number of rotatable bonds is 8. The third kappa shape index (κ3) is 4.80. The van der Waals surface area contributed by atoms with Gasteiger partial charge in [-0.3, -0.25) is 19.3 Å². The molecule has 34 heavy (non-hydrogen) atoms. The number of ketones is 1. The van der Waals surface area contributed by atoms with E-state index in [4.69, 9.17) is 13.9 Å². The Morgan fingerprint density at radius 3 is 2.59 bits per heavy atom. The van der Waals surface area contributed by atoms with Crippen LogP contribution in [0.15, 0.2) is 52.9 Å². The Kier molecular flexibility index (Phi) is 6.67. The van der Waals surface area contributed by atoms with E-state index in [9.17, 15) is 14.4 Å². The first-order valence-corrected chi connectivity index (χ1v) is 11.0. The summed E-state index contributed by atoms with van der Waals surface area (Å²) in [6, 6.07) is 14.0. The van der Waals surface area contributed by atoms with Gasteiger partial charge in [-0.1, -0.05) is 18.2 Å². The van der Waals surface area contributed by atoms with Crippen LogP contribution < -0.4 is 19.7 Å². The summed E-state index contributed by atoms with van der Waals surface area (Å²) in [5.41, 5.74) is 2.77. The van der Waals surface area contributed by atoms with Crippen LogP contribution in [-0.2, 0) is 11.3 Å². The van der Waals surface area contributed by atoms with E-state index in [-0.39, 0.29) is 43.1 Å². The quantitative estimate of drug-likeness (QED) is 0.511. The standard InChI is InChI=1S/C26H26N2O6/c1-4-27-26(31)23-11-9-19(34-23)13-28-20-12-18(8-10-22(20)32-15-24(28)30)21(29)14-33-25-16(2)6-5-7-17(25)3/h5-12H,4,13-15H2,1-3H3,(H,27,31). The molecular formula is C26H26N2O6. The number of nitrogens with zero attached hydrogens (tertiary/aromatic N) is 1. The molecule has 2 amide bonds. The summed E-state index contributed by atoms with van der Waals surface area (Å²) in [7, 11) is 0. The zero-order valence-corrected chi connectivity index (χ0v) is 19.3. The second-order valence-electron chi connectivity index (χ2n) is 8.01. The number of benzene rings is 2. The molecule has 0 unspecified atom stereocenters. The molecule has 0 spiro atoms. The molecule has 4 rings (SSSR count). The van der Waals surface area contributed by atoms with Gasteiger partial charge in [-0.25, -0.2) is 0 Å². The SMILES string of the molecule is CCNC(=O)c1ccc(CN2C(=O)COc3ccc(C(=O)COc4c(C)cccc4C)cc32)o1. The van der Waals surface area contributed by atoms with Crippen molar-refractivity contribution in [3.8, 4) is 11.5 Å². The maximum absolute atomic E-state index is 12.9. The van der Waals surface area contributed by atoms with Gasteiger partial charge in [-0.2, -0.15) is 0 Å². The largest absolute Gasteiger partial charge is 0.485 e. The molecule has 1 aliphatic heterocycles. The van der Waals surface area contributed by atoms with Crippen LogP contribution in [0.25, 0.3) is 0 Å². The molecule has 2 aromatic carbocycles. The van der Waals surface area contributed by atoms with Gasteiger partial charge in [-0.05, 0) is 62.2 Å². The minimum atomic E-state index is -0.320. The molecule has 0 fully saturated rings. The Bertz CT molecular complexity index is 1230. The minimum Gasteiger partial charge on any atom is -0.485 e. The van der Waals surface area contributed by atoms with Crippen molar-refractivity contribution in [1.29, 1.82) is 0 Å². The highest BCUT2D eigenvalue weighted by Crippen LogP contribution is 2.34. The van der Waals surface area contributed by atoms with Gasteiger partial charge < -0.3 is 19.2 Å². The van der Waals surface area contributed by atoms with Crippen LogP contribution in [0.2, 0.25) is 0 Å². The maximum Gasteiger partial charge on any atom is 0.286 e. The van der Waals surface area contributed by atoms with Crippen LogP contribution in [0.3, 0.4) is 0 Å². The van der Waals surface area contributed by atoms with Crippen LogP contribution in [0.5, 0.6) is 11.5 Å². The number of furan rings is 1. The molecule has 0 aliphatic carbocycles. The zero-order chi connectivity index (χ0) is 24.2. The summed E-state index contributed by atoms with van der Waals surface area (Å²) in [6.07, 6.45) is 0. The maximum atomic E-state index is 12.9. The predicted octanol–water partition coefficient (Wildman–Crippen LogP) is 3.83. The van der Waals surface area contributed by atoms with Crippen molar-refractivity contribution in [2.45, 2.75) is 27.3 Å². The van der Waals surface area contributed by atoms with E-state index >= 15 is 0 Å². The molecule has 8 heteroatoms. The highest BCUT2D eigenvalue weighted by molar-refractivity contribution is 6.02. The van der Waals surface area contributed by atoms with Gasteiger partial charge in [0.2, 0.25) is 0 Å². The number of fused-ring (bicyclic) bond motifs is 1. The number of hydrogen-bond acceptors (Lipinski definition) is 6. The number of carbonyl (C=O) groups is 3. The molecule has 0 bridgehead atoms. The Labute approximate surface area is 197 Å². The van der Waals surface area contributed by atoms with Gasteiger partial charge in [0, 0.05) is 12.1 Å². The number of anilines is 1. The molecule has 176 valence electrons. The first-order valence-electron chi connectivity index (χ1n) is 11.0. The highest BCUT2D eigenvalue weighted by Gasteiger charge is 2.28. The summed E-state index contributed by atoms with van der Waals surface area (Å²) < 4.78 is 17.0. The van der Waals surface area contributed by atoms with Crippen LogP contribution in [-0.4, -0.2) is 37.4 Å². The topological polar surface area (TPSA) is 98.1 Å². The summed E-state index contributed by atoms with van der Waals surface area (Å²) >= 11 is 0. The molecular weight excluding hydrogens is 436 g/mol. The van der Waals surface area contributed by atoms with E-state index in [1.807, 2.05) is 39.0 Å². The summed E-state index contributed by atoms with van der Waals surface area (Å²) in [5.74, 6) is 0.971. The molecule has 1 aliphatic rings. The smallest absolute Gasteiger partial charge is 0.286 e. The van der Waals surface area contributed by atoms with Crippen molar-refractivity contribution < 1.29 is 28.3 Å². The number of Topliss-reactive ketones (excluding diaryl/α,β-unsaturated/α-hetero) is 1. The average molecular weight is 463 g/mol. The lowest BCUT2D eigenvalue weighted by molar-refractivity contribution is -0.121. The van der Waals surface area contributed by atoms with Crippen LogP contribution in [0, 0.1) is 13.8 Å². The molecule has 8 nitrogen and oxygen atoms in total. The number of amides is 2. The fraction of sp³-hybridized carbons (Fsp3) is 0.269. The van der Waals surface area contributed by atoms with Crippen molar-refractivity contribution >= 4 is 23.3 Å². The van der Waals surface area contributed by atoms with E-state index in [1.165, 1.54) is 4.90 Å². The van der Waals surface area contributed by atoms with Gasteiger partial charge in [0.1, 0.15) is 17.3 Å². The summed E-state index contributed by atoms with van der Waals surface area (Å²) in [5, 5.41) is 2.67. The van der Waals surface area contributed by atoms with E-state index < -0.39 is 0 Å². The van der Waals surface area contributed by atoms with E-state index in [0.717, 1.165) is 11.1 Å². The predicted molar refractivity (Wildman–Crippen MR) is 126 cm³/mol. The van der Waals surface area contributed by atoms with Crippen molar-refractivity contribution in [3.05, 3.63) is 76.7 Å². The van der Waals surface area contributed by atoms with Gasteiger partial charge in [0.05, 0.1) is 12.2 Å². The molecule has 1 N–H and O–H groups in total. The lowest BCUT2D eigenvalue weighted by atomic mass is 10.1. The first kappa shape index (κ1) is 23.1. The molecule has 0 saturated heterocycles. The Balaban J connectivity index is 1.53. The lowest BCUT2D eigenvalue weighted by Gasteiger charge is -2.29. The van der Waals surface area contributed by atoms with Crippen molar-refractivity contribution in [2.75, 3.05) is 24.7 Å². The van der Waals surface area contributed by atoms with E-state index in [0.29, 0.717) is 35.1 Å². The van der Waals surface area contributed by atoms with Gasteiger partial charge >= 0.3 is 0 Å². The van der Waals surface area contributed by atoms with Gasteiger partial charge in [0.25, 0.3) is 11.8 Å². The van der Waals surface area contributed by atoms with Crippen molar-refractivity contribution in [1.82, 2.24) is 5.32 Å². The van der Waals surface area contributed by atoms with E-state index in [1.54, 1.807) is 30.3 Å². The zero-order valence-electron chi connectivity index (χ0n) is 19.3. The Morgan fingerprint density at radius 1 is 1.09 bits per heavy atom. The molecule has 0 atom stereocenters. The Morgan fingerprint density at radius 2 is 1.85 bits per heavy atom. The lowest BCUT2D eigenvalue weighted by Crippen LogP contribution is -2.38. The van der Waals surface area contributed by atoms with Crippen LogP contribution >= 0.6 is 0 Å². The molecule has 1 aromatic heterocycles. The minimum absolute atomic E-state index is 0.102. The number of nitrogens with one attached hydrogen (secondary N) is 1. The van der Waals surface area contributed by atoms with E-state index in [2.05, 4.69) is 5.32 Å². The second kappa shape index (κ2) is 9.82. The third-order valence-corrected chi connectivity index (χ3v) is 5.52. The number of carbonyl (C=O) groups excluding carboxylic acids is 3. The third-order valence-electron chi connectivity index (χ3n) is 5.52. The fourth-order valence-corrected chi connectivity index (χ4v) is 3.79. The normalized spacial score (nSPS) is 12.7. The summed E-state index contributed by atoms with van der Waals surface area (Å²) in [4.78, 5) is 39.0. The Hall–Kier alpha value is -4.07. The van der Waals surface area contributed by atoms with Crippen molar-refractivity contribution in [3.63, 3.8) is 0 Å². The van der Waals surface area contributed by atoms with Crippen molar-refractivity contribution in [2.24, 2.45) is 0 Å². The number of para-hydroxylation sites is 1. The number of aryl methyl sites for hydroxylation is 2. The van der Waals surface area contributed by atoms with Gasteiger partial charge in [0.15, 0.2) is 24.8 Å². The molecule has 0 saturated carbocycles. The van der Waals surface area contributed by atoms with Crippen LogP contribution in [0.4, 0.5) is 5.69 Å². The molecule has 0 radical (unpaired) electrons. The van der Waals surface area contributed by atoms with Crippen LogP contribution in [0.1, 0.15) is 44.7 Å². The van der Waals surface area contributed by atoms with Gasteiger partial charge in [-0.15, -0.1) is 0 Å².